The van der Waals surface area contributed by atoms with Gasteiger partial charge >= 0.3 is 0 Å². The molecule has 2 atom stereocenters. The third kappa shape index (κ3) is 3.45. The molecule has 0 radical (unpaired) electrons. The Hall–Kier alpha value is -1.13. The molecule has 0 amide bonds. The molecule has 1 aromatic heterocycles. The van der Waals surface area contributed by atoms with E-state index in [0.717, 1.165) is 38.3 Å². The lowest BCUT2D eigenvalue weighted by Crippen LogP contribution is -2.31. The number of nitrogens with zero attached hydrogens (tertiary/aromatic N) is 2. The number of anilines is 1. The number of hydrogen-bond donors (Lipinski definition) is 1. The lowest BCUT2D eigenvalue weighted by atomic mass is 10.1. The molecule has 1 aromatic rings. The number of likely N-dealkylation sites (N-methyl/N-ethyl adjacent to an activating group) is 1. The van der Waals surface area contributed by atoms with Gasteiger partial charge in [0.25, 0.3) is 0 Å². The molecule has 1 aliphatic heterocycles. The van der Waals surface area contributed by atoms with Gasteiger partial charge < -0.3 is 15.0 Å². The normalized spacial score (nSPS) is 20.5. The van der Waals surface area contributed by atoms with Gasteiger partial charge in [-0.1, -0.05) is 13.8 Å². The van der Waals surface area contributed by atoms with Crippen molar-refractivity contribution in [2.75, 3.05) is 31.7 Å². The van der Waals surface area contributed by atoms with Crippen molar-refractivity contribution in [2.24, 2.45) is 0 Å². The lowest BCUT2D eigenvalue weighted by molar-refractivity contribution is 0.193. The van der Waals surface area contributed by atoms with Crippen LogP contribution >= 0.6 is 0 Å². The molecule has 0 aromatic carbocycles. The predicted molar refractivity (Wildman–Crippen MR) is 78.6 cm³/mol. The van der Waals surface area contributed by atoms with Crippen molar-refractivity contribution in [3.63, 3.8) is 0 Å². The molecule has 4 heteroatoms. The first kappa shape index (κ1) is 14.3. The summed E-state index contributed by atoms with van der Waals surface area (Å²) in [6, 6.07) is 5.15. The van der Waals surface area contributed by atoms with Gasteiger partial charge in [-0.25, -0.2) is 0 Å². The first-order chi connectivity index (χ1) is 9.26. The van der Waals surface area contributed by atoms with E-state index in [9.17, 15) is 0 Å². The summed E-state index contributed by atoms with van der Waals surface area (Å²) in [4.78, 5) is 6.89. The molecule has 1 saturated heterocycles. The Bertz CT molecular complexity index is 373. The second-order valence-electron chi connectivity index (χ2n) is 5.09. The second-order valence-corrected chi connectivity index (χ2v) is 5.09. The maximum atomic E-state index is 5.44. The van der Waals surface area contributed by atoms with Gasteiger partial charge in [0.05, 0.1) is 30.2 Å². The van der Waals surface area contributed by atoms with Crippen LogP contribution in [0.1, 0.15) is 38.4 Å². The Labute approximate surface area is 116 Å². The number of nitrogens with one attached hydrogen (secondary N) is 1. The summed E-state index contributed by atoms with van der Waals surface area (Å²) in [6.07, 6.45) is 4.15. The molecule has 19 heavy (non-hydrogen) atoms. The zero-order chi connectivity index (χ0) is 13.7. The minimum atomic E-state index is 0.360. The highest BCUT2D eigenvalue weighted by atomic mass is 16.5. The second kappa shape index (κ2) is 6.87. The van der Waals surface area contributed by atoms with Crippen LogP contribution in [0.2, 0.25) is 0 Å². The number of aromatic nitrogens is 1. The Morgan fingerprint density at radius 3 is 2.84 bits per heavy atom. The molecule has 2 rings (SSSR count). The maximum Gasteiger partial charge on any atom is 0.0670 e. The fourth-order valence-electron chi connectivity index (χ4n) is 2.56. The lowest BCUT2D eigenvalue weighted by Gasteiger charge is -2.25. The maximum absolute atomic E-state index is 5.44. The molecule has 0 saturated carbocycles. The number of rotatable bonds is 6. The van der Waals surface area contributed by atoms with Crippen LogP contribution in [0.4, 0.5) is 5.69 Å². The van der Waals surface area contributed by atoms with Crippen LogP contribution in [0.25, 0.3) is 0 Å². The molecule has 0 spiro atoms. The standard InChI is InChI=1S/C15H25N3O/c1-4-14(16-5-2)15-7-6-12(10-17-15)18(3)13-8-9-19-11-13/h6-7,10,13-14,16H,4-5,8-9,11H2,1-3H3. The molecule has 4 nitrogen and oxygen atoms in total. The van der Waals surface area contributed by atoms with Crippen LogP contribution in [-0.2, 0) is 4.74 Å². The molecule has 1 fully saturated rings. The molecular formula is C15H25N3O. The van der Waals surface area contributed by atoms with E-state index in [1.807, 2.05) is 6.20 Å². The van der Waals surface area contributed by atoms with Gasteiger partial charge in [0, 0.05) is 19.7 Å². The van der Waals surface area contributed by atoms with Gasteiger partial charge in [0.15, 0.2) is 0 Å². The van der Waals surface area contributed by atoms with Crippen molar-refractivity contribution in [1.29, 1.82) is 0 Å². The van der Waals surface area contributed by atoms with Gasteiger partial charge in [-0.15, -0.1) is 0 Å². The molecule has 1 N–H and O–H groups in total. The van der Waals surface area contributed by atoms with Crippen LogP contribution in [0.5, 0.6) is 0 Å². The molecular weight excluding hydrogens is 238 g/mol. The minimum Gasteiger partial charge on any atom is -0.379 e. The highest BCUT2D eigenvalue weighted by Crippen LogP contribution is 2.21. The zero-order valence-corrected chi connectivity index (χ0v) is 12.2. The highest BCUT2D eigenvalue weighted by molar-refractivity contribution is 5.45. The molecule has 0 bridgehead atoms. The van der Waals surface area contributed by atoms with E-state index in [0.29, 0.717) is 12.1 Å². The van der Waals surface area contributed by atoms with E-state index < -0.39 is 0 Å². The van der Waals surface area contributed by atoms with E-state index in [1.54, 1.807) is 0 Å². The average molecular weight is 263 g/mol. The fraction of sp³-hybridized carbons (Fsp3) is 0.667. The summed E-state index contributed by atoms with van der Waals surface area (Å²) in [5.41, 5.74) is 2.30. The van der Waals surface area contributed by atoms with Crippen LogP contribution < -0.4 is 10.2 Å². The van der Waals surface area contributed by atoms with Crippen molar-refractivity contribution in [3.8, 4) is 0 Å². The Morgan fingerprint density at radius 1 is 1.47 bits per heavy atom. The first-order valence-corrected chi connectivity index (χ1v) is 7.26. The summed E-state index contributed by atoms with van der Waals surface area (Å²) in [7, 11) is 2.12. The first-order valence-electron chi connectivity index (χ1n) is 7.26. The summed E-state index contributed by atoms with van der Waals surface area (Å²) >= 11 is 0. The van der Waals surface area contributed by atoms with Crippen LogP contribution in [-0.4, -0.2) is 37.8 Å². The van der Waals surface area contributed by atoms with E-state index >= 15 is 0 Å². The molecule has 1 aliphatic rings. The Balaban J connectivity index is 2.04. The Morgan fingerprint density at radius 2 is 2.32 bits per heavy atom. The van der Waals surface area contributed by atoms with Gasteiger partial charge in [-0.3, -0.25) is 4.98 Å². The quantitative estimate of drug-likeness (QED) is 0.855. The van der Waals surface area contributed by atoms with Gasteiger partial charge in [-0.05, 0) is 31.5 Å². The largest absolute Gasteiger partial charge is 0.379 e. The summed E-state index contributed by atoms with van der Waals surface area (Å²) in [5, 5.41) is 3.46. The fourth-order valence-corrected chi connectivity index (χ4v) is 2.56. The summed E-state index contributed by atoms with van der Waals surface area (Å²) in [5.74, 6) is 0. The van der Waals surface area contributed by atoms with Crippen molar-refractivity contribution in [2.45, 2.75) is 38.8 Å². The smallest absolute Gasteiger partial charge is 0.0670 e. The number of ether oxygens (including phenoxy) is 1. The van der Waals surface area contributed by atoms with Gasteiger partial charge in [0.2, 0.25) is 0 Å². The SMILES string of the molecule is CCNC(CC)c1ccc(N(C)C2CCOC2)cn1. The van der Waals surface area contributed by atoms with Crippen molar-refractivity contribution in [3.05, 3.63) is 24.0 Å². The minimum absolute atomic E-state index is 0.360. The van der Waals surface area contributed by atoms with Gasteiger partial charge in [-0.2, -0.15) is 0 Å². The topological polar surface area (TPSA) is 37.4 Å². The average Bonchev–Trinajstić information content (AvgIpc) is 2.98. The van der Waals surface area contributed by atoms with E-state index in [4.69, 9.17) is 4.74 Å². The van der Waals surface area contributed by atoms with Crippen LogP contribution in [0.15, 0.2) is 18.3 Å². The zero-order valence-electron chi connectivity index (χ0n) is 12.2. The van der Waals surface area contributed by atoms with Crippen molar-refractivity contribution in [1.82, 2.24) is 10.3 Å². The molecule has 2 unspecified atom stereocenters. The van der Waals surface area contributed by atoms with Crippen molar-refractivity contribution < 1.29 is 4.74 Å². The van der Waals surface area contributed by atoms with Gasteiger partial charge in [0.1, 0.15) is 0 Å². The number of hydrogen-bond acceptors (Lipinski definition) is 4. The van der Waals surface area contributed by atoms with E-state index in [2.05, 4.69) is 48.2 Å². The summed E-state index contributed by atoms with van der Waals surface area (Å²) < 4.78 is 5.44. The third-order valence-electron chi connectivity index (χ3n) is 3.85. The van der Waals surface area contributed by atoms with E-state index in [1.165, 1.54) is 5.69 Å². The van der Waals surface area contributed by atoms with Crippen LogP contribution in [0, 0.1) is 0 Å². The summed E-state index contributed by atoms with van der Waals surface area (Å²) in [6.45, 7) is 6.99. The number of pyridine rings is 1. The van der Waals surface area contributed by atoms with Crippen LogP contribution in [0.3, 0.4) is 0 Å². The van der Waals surface area contributed by atoms with Crippen molar-refractivity contribution >= 4 is 5.69 Å². The molecule has 106 valence electrons. The Kier molecular flexibility index (Phi) is 5.16. The molecule has 0 aliphatic carbocycles. The highest BCUT2D eigenvalue weighted by Gasteiger charge is 2.21. The monoisotopic (exact) mass is 263 g/mol. The molecule has 2 heterocycles. The third-order valence-corrected chi connectivity index (χ3v) is 3.85. The van der Waals surface area contributed by atoms with E-state index in [-0.39, 0.29) is 0 Å². The predicted octanol–water partition coefficient (Wildman–Crippen LogP) is 2.37.